The van der Waals surface area contributed by atoms with E-state index in [4.69, 9.17) is 14.6 Å². The number of ether oxygens (including phenoxy) is 2. The van der Waals surface area contributed by atoms with Crippen molar-refractivity contribution in [3.63, 3.8) is 0 Å². The van der Waals surface area contributed by atoms with Crippen molar-refractivity contribution in [2.24, 2.45) is 0 Å². The van der Waals surface area contributed by atoms with Crippen molar-refractivity contribution >= 4 is 5.97 Å². The number of carbonyl (C=O) groups is 1. The lowest BCUT2D eigenvalue weighted by Crippen LogP contribution is -2.12. The van der Waals surface area contributed by atoms with Crippen molar-refractivity contribution in [3.8, 4) is 11.5 Å². The summed E-state index contributed by atoms with van der Waals surface area (Å²) >= 11 is 0. The predicted octanol–water partition coefficient (Wildman–Crippen LogP) is 3.60. The number of carboxylic acid groups (broad SMARTS) is 1. The van der Waals surface area contributed by atoms with Gasteiger partial charge in [0.05, 0.1) is 13.0 Å². The van der Waals surface area contributed by atoms with E-state index in [2.05, 4.69) is 0 Å². The largest absolute Gasteiger partial charge is 0.496 e. The van der Waals surface area contributed by atoms with Crippen LogP contribution in [0.25, 0.3) is 0 Å². The molecule has 0 fully saturated rings. The first kappa shape index (κ1) is 15.8. The number of rotatable bonds is 6. The van der Waals surface area contributed by atoms with Crippen molar-refractivity contribution in [1.29, 1.82) is 0 Å². The lowest BCUT2D eigenvalue weighted by molar-refractivity contribution is -0.138. The minimum Gasteiger partial charge on any atom is -0.496 e. The summed E-state index contributed by atoms with van der Waals surface area (Å²) in [7, 11) is 1.37. The molecule has 0 saturated carbocycles. The molecule has 2 rings (SSSR count). The van der Waals surface area contributed by atoms with Crippen molar-refractivity contribution in [1.82, 2.24) is 0 Å². The monoisotopic (exact) mass is 304 g/mol. The van der Waals surface area contributed by atoms with Gasteiger partial charge in [0.2, 0.25) is 0 Å². The highest BCUT2D eigenvalue weighted by atomic mass is 19.1. The molecule has 116 valence electrons. The standard InChI is InChI=1S/C17H17FO4/c1-11(17(19)20)15-13(21-2)8-9-14(16(15)18)22-10-12-6-4-3-5-7-12/h3-9,11H,10H2,1-2H3,(H,19,20). The van der Waals surface area contributed by atoms with Crippen molar-refractivity contribution in [2.45, 2.75) is 19.4 Å². The lowest BCUT2D eigenvalue weighted by atomic mass is 9.99. The molecule has 0 aliphatic heterocycles. The molecule has 0 spiro atoms. The van der Waals surface area contributed by atoms with Gasteiger partial charge in [-0.3, -0.25) is 4.79 Å². The summed E-state index contributed by atoms with van der Waals surface area (Å²) < 4.78 is 25.1. The third-order valence-corrected chi connectivity index (χ3v) is 3.36. The Morgan fingerprint density at radius 3 is 2.41 bits per heavy atom. The van der Waals surface area contributed by atoms with Gasteiger partial charge in [-0.15, -0.1) is 0 Å². The van der Waals surface area contributed by atoms with E-state index in [9.17, 15) is 9.18 Å². The lowest BCUT2D eigenvalue weighted by Gasteiger charge is -2.16. The SMILES string of the molecule is COc1ccc(OCc2ccccc2)c(F)c1C(C)C(=O)O. The van der Waals surface area contributed by atoms with Crippen LogP contribution in [0.1, 0.15) is 24.0 Å². The number of carboxylic acids is 1. The molecule has 2 aromatic rings. The van der Waals surface area contributed by atoms with E-state index in [1.54, 1.807) is 0 Å². The Kier molecular flexibility index (Phi) is 4.99. The van der Waals surface area contributed by atoms with Crippen molar-refractivity contribution in [3.05, 3.63) is 59.4 Å². The highest BCUT2D eigenvalue weighted by molar-refractivity contribution is 5.77. The normalized spacial score (nSPS) is 11.8. The van der Waals surface area contributed by atoms with Crippen LogP contribution in [0.5, 0.6) is 11.5 Å². The molecule has 0 heterocycles. The molecule has 2 aromatic carbocycles. The first-order valence-corrected chi connectivity index (χ1v) is 6.80. The second-order valence-corrected chi connectivity index (χ2v) is 4.83. The third kappa shape index (κ3) is 3.36. The van der Waals surface area contributed by atoms with Crippen LogP contribution in [0.3, 0.4) is 0 Å². The fourth-order valence-electron chi connectivity index (χ4n) is 2.11. The fourth-order valence-corrected chi connectivity index (χ4v) is 2.11. The number of methoxy groups -OCH3 is 1. The summed E-state index contributed by atoms with van der Waals surface area (Å²) in [5, 5.41) is 9.12. The van der Waals surface area contributed by atoms with Gasteiger partial charge in [-0.25, -0.2) is 4.39 Å². The molecule has 1 atom stereocenters. The van der Waals surface area contributed by atoms with E-state index in [0.717, 1.165) is 5.56 Å². The van der Waals surface area contributed by atoms with Crippen LogP contribution in [0.4, 0.5) is 4.39 Å². The summed E-state index contributed by atoms with van der Waals surface area (Å²) in [4.78, 5) is 11.1. The Balaban J connectivity index is 2.29. The molecule has 0 aromatic heterocycles. The summed E-state index contributed by atoms with van der Waals surface area (Å²) in [6, 6.07) is 12.3. The number of hydrogen-bond acceptors (Lipinski definition) is 3. The van der Waals surface area contributed by atoms with Crippen LogP contribution in [-0.2, 0) is 11.4 Å². The van der Waals surface area contributed by atoms with Gasteiger partial charge in [-0.05, 0) is 24.6 Å². The van der Waals surface area contributed by atoms with Gasteiger partial charge in [0, 0.05) is 5.56 Å². The highest BCUT2D eigenvalue weighted by Crippen LogP contribution is 2.35. The molecular formula is C17H17FO4. The molecule has 0 amide bonds. The second kappa shape index (κ2) is 6.93. The molecule has 22 heavy (non-hydrogen) atoms. The molecule has 0 saturated heterocycles. The molecule has 1 N–H and O–H groups in total. The smallest absolute Gasteiger partial charge is 0.310 e. The predicted molar refractivity (Wildman–Crippen MR) is 79.8 cm³/mol. The van der Waals surface area contributed by atoms with E-state index in [1.165, 1.54) is 26.2 Å². The topological polar surface area (TPSA) is 55.8 Å². The Morgan fingerprint density at radius 2 is 1.82 bits per heavy atom. The molecule has 0 radical (unpaired) electrons. The van der Waals surface area contributed by atoms with E-state index in [0.29, 0.717) is 0 Å². The van der Waals surface area contributed by atoms with E-state index < -0.39 is 17.7 Å². The minimum absolute atomic E-state index is 0.00718. The van der Waals surface area contributed by atoms with Gasteiger partial charge < -0.3 is 14.6 Å². The maximum Gasteiger partial charge on any atom is 0.310 e. The summed E-state index contributed by atoms with van der Waals surface area (Å²) in [5.74, 6) is -2.66. The summed E-state index contributed by atoms with van der Waals surface area (Å²) in [5.41, 5.74) is 0.881. The summed E-state index contributed by atoms with van der Waals surface area (Å²) in [6.07, 6.45) is 0. The molecular weight excluding hydrogens is 287 g/mol. The molecule has 0 bridgehead atoms. The number of benzene rings is 2. The first-order valence-electron chi connectivity index (χ1n) is 6.80. The Morgan fingerprint density at radius 1 is 1.18 bits per heavy atom. The Labute approximate surface area is 128 Å². The van der Waals surface area contributed by atoms with Gasteiger partial charge >= 0.3 is 5.97 Å². The highest BCUT2D eigenvalue weighted by Gasteiger charge is 2.25. The number of aliphatic carboxylic acids is 1. The van der Waals surface area contributed by atoms with E-state index >= 15 is 0 Å². The zero-order valence-corrected chi connectivity index (χ0v) is 12.4. The average Bonchev–Trinajstić information content (AvgIpc) is 2.53. The second-order valence-electron chi connectivity index (χ2n) is 4.83. The minimum atomic E-state index is -1.13. The van der Waals surface area contributed by atoms with Gasteiger partial charge in [-0.1, -0.05) is 30.3 Å². The zero-order chi connectivity index (χ0) is 16.1. The molecule has 0 aliphatic rings. The van der Waals surface area contributed by atoms with Gasteiger partial charge in [0.15, 0.2) is 11.6 Å². The number of halogens is 1. The summed E-state index contributed by atoms with van der Waals surface area (Å²) in [6.45, 7) is 1.61. The molecule has 1 unspecified atom stereocenters. The van der Waals surface area contributed by atoms with E-state index in [1.807, 2.05) is 30.3 Å². The third-order valence-electron chi connectivity index (χ3n) is 3.36. The van der Waals surface area contributed by atoms with Gasteiger partial charge in [0.1, 0.15) is 12.4 Å². The number of hydrogen-bond donors (Lipinski definition) is 1. The van der Waals surface area contributed by atoms with Crippen molar-refractivity contribution < 1.29 is 23.8 Å². The van der Waals surface area contributed by atoms with Crippen LogP contribution < -0.4 is 9.47 Å². The van der Waals surface area contributed by atoms with Gasteiger partial charge in [-0.2, -0.15) is 0 Å². The van der Waals surface area contributed by atoms with Gasteiger partial charge in [0.25, 0.3) is 0 Å². The molecule has 5 heteroatoms. The molecule has 4 nitrogen and oxygen atoms in total. The van der Waals surface area contributed by atoms with E-state index in [-0.39, 0.29) is 23.7 Å². The van der Waals surface area contributed by atoms with Crippen LogP contribution >= 0.6 is 0 Å². The zero-order valence-electron chi connectivity index (χ0n) is 12.4. The first-order chi connectivity index (χ1) is 10.5. The quantitative estimate of drug-likeness (QED) is 0.886. The van der Waals surface area contributed by atoms with Crippen molar-refractivity contribution in [2.75, 3.05) is 7.11 Å². The molecule has 0 aliphatic carbocycles. The fraction of sp³-hybridized carbons (Fsp3) is 0.235. The maximum atomic E-state index is 14.6. The Hall–Kier alpha value is -2.56. The van der Waals surface area contributed by atoms with Crippen LogP contribution in [0.15, 0.2) is 42.5 Å². The average molecular weight is 304 g/mol. The Bertz CT molecular complexity index is 655. The maximum absolute atomic E-state index is 14.6. The van der Waals surface area contributed by atoms with Crippen LogP contribution in [-0.4, -0.2) is 18.2 Å². The van der Waals surface area contributed by atoms with Crippen LogP contribution in [0.2, 0.25) is 0 Å². The van der Waals surface area contributed by atoms with Crippen LogP contribution in [0, 0.1) is 5.82 Å².